The van der Waals surface area contributed by atoms with Gasteiger partial charge in [0.15, 0.2) is 0 Å². The first-order chi connectivity index (χ1) is 10.6. The largest absolute Gasteiger partial charge is 0.467 e. The molecular weight excluding hydrogens is 300 g/mol. The third-order valence-electron chi connectivity index (χ3n) is 3.60. The highest BCUT2D eigenvalue weighted by atomic mass is 16.6. The minimum absolute atomic E-state index is 0.109. The molecular formula is C16H28N2O5. The summed E-state index contributed by atoms with van der Waals surface area (Å²) in [6, 6.07) is -1.34. The second kappa shape index (κ2) is 7.66. The maximum atomic E-state index is 12.5. The van der Waals surface area contributed by atoms with Gasteiger partial charge in [0, 0.05) is 6.54 Å². The molecule has 1 saturated heterocycles. The van der Waals surface area contributed by atoms with Crippen molar-refractivity contribution < 1.29 is 23.9 Å². The second-order valence-electron chi connectivity index (χ2n) is 7.09. The van der Waals surface area contributed by atoms with Crippen molar-refractivity contribution in [3.63, 3.8) is 0 Å². The molecule has 1 N–H and O–H groups in total. The SMILES string of the molecule is COC(=O)[C@H](NC(=O)[C@@H]1CCCN1C(=O)OC(C)(C)C)C(C)C. The molecule has 0 aromatic carbocycles. The van der Waals surface area contributed by atoms with Gasteiger partial charge in [0.2, 0.25) is 5.91 Å². The summed E-state index contributed by atoms with van der Waals surface area (Å²) in [5.41, 5.74) is -0.618. The van der Waals surface area contributed by atoms with Crippen LogP contribution in [0.5, 0.6) is 0 Å². The van der Waals surface area contributed by atoms with Crippen LogP contribution < -0.4 is 5.32 Å². The highest BCUT2D eigenvalue weighted by molar-refractivity contribution is 5.90. The molecule has 0 aromatic heterocycles. The molecule has 7 heteroatoms. The summed E-state index contributed by atoms with van der Waals surface area (Å²) >= 11 is 0. The number of nitrogens with zero attached hydrogens (tertiary/aromatic N) is 1. The van der Waals surface area contributed by atoms with Crippen molar-refractivity contribution in [1.82, 2.24) is 10.2 Å². The molecule has 0 spiro atoms. The van der Waals surface area contributed by atoms with Crippen molar-refractivity contribution in [3.05, 3.63) is 0 Å². The molecule has 1 rings (SSSR count). The normalized spacial score (nSPS) is 19.4. The van der Waals surface area contributed by atoms with E-state index >= 15 is 0 Å². The zero-order valence-electron chi connectivity index (χ0n) is 14.8. The van der Waals surface area contributed by atoms with Gasteiger partial charge in [-0.1, -0.05) is 13.8 Å². The summed E-state index contributed by atoms with van der Waals surface area (Å²) in [5, 5.41) is 2.69. The smallest absolute Gasteiger partial charge is 0.410 e. The summed E-state index contributed by atoms with van der Waals surface area (Å²) in [7, 11) is 1.28. The Labute approximate surface area is 137 Å². The van der Waals surface area contributed by atoms with Crippen molar-refractivity contribution >= 4 is 18.0 Å². The van der Waals surface area contributed by atoms with Crippen molar-refractivity contribution in [2.45, 2.75) is 65.1 Å². The van der Waals surface area contributed by atoms with Crippen LogP contribution in [0, 0.1) is 5.92 Å². The Balaban J connectivity index is 2.77. The second-order valence-corrected chi connectivity index (χ2v) is 7.09. The van der Waals surface area contributed by atoms with Gasteiger partial charge in [-0.2, -0.15) is 0 Å². The van der Waals surface area contributed by atoms with Gasteiger partial charge in [-0.15, -0.1) is 0 Å². The molecule has 132 valence electrons. The van der Waals surface area contributed by atoms with Crippen LogP contribution in [0.2, 0.25) is 0 Å². The fourth-order valence-electron chi connectivity index (χ4n) is 2.45. The first kappa shape index (κ1) is 19.3. The van der Waals surface area contributed by atoms with E-state index in [0.717, 1.165) is 6.42 Å². The molecule has 0 saturated carbocycles. The zero-order valence-corrected chi connectivity index (χ0v) is 14.8. The van der Waals surface area contributed by atoms with E-state index in [2.05, 4.69) is 5.32 Å². The van der Waals surface area contributed by atoms with Crippen LogP contribution in [0.1, 0.15) is 47.5 Å². The zero-order chi connectivity index (χ0) is 17.8. The Kier molecular flexibility index (Phi) is 6.41. The Morgan fingerprint density at radius 3 is 2.30 bits per heavy atom. The lowest BCUT2D eigenvalue weighted by Gasteiger charge is -2.29. The van der Waals surface area contributed by atoms with E-state index in [1.165, 1.54) is 12.0 Å². The average molecular weight is 328 g/mol. The van der Waals surface area contributed by atoms with Crippen LogP contribution >= 0.6 is 0 Å². The van der Waals surface area contributed by atoms with E-state index < -0.39 is 29.7 Å². The Hall–Kier alpha value is -1.79. The fraction of sp³-hybridized carbons (Fsp3) is 0.812. The number of rotatable bonds is 4. The summed E-state index contributed by atoms with van der Waals surface area (Å²) in [6.07, 6.45) is 0.771. The number of carbonyl (C=O) groups is 3. The van der Waals surface area contributed by atoms with E-state index in [1.54, 1.807) is 20.8 Å². The van der Waals surface area contributed by atoms with Crippen molar-refractivity contribution in [2.75, 3.05) is 13.7 Å². The highest BCUT2D eigenvalue weighted by Gasteiger charge is 2.38. The third-order valence-corrected chi connectivity index (χ3v) is 3.60. The van der Waals surface area contributed by atoms with E-state index in [9.17, 15) is 14.4 Å². The number of hydrogen-bond acceptors (Lipinski definition) is 5. The number of esters is 1. The number of likely N-dealkylation sites (tertiary alicyclic amines) is 1. The van der Waals surface area contributed by atoms with Gasteiger partial charge in [-0.3, -0.25) is 9.69 Å². The van der Waals surface area contributed by atoms with E-state index in [1.807, 2.05) is 13.8 Å². The van der Waals surface area contributed by atoms with Gasteiger partial charge in [0.25, 0.3) is 0 Å². The number of carbonyl (C=O) groups excluding carboxylic acids is 3. The van der Waals surface area contributed by atoms with Gasteiger partial charge in [0.05, 0.1) is 7.11 Å². The topological polar surface area (TPSA) is 84.9 Å². The molecule has 2 atom stereocenters. The molecule has 0 unspecified atom stereocenters. The number of ether oxygens (including phenoxy) is 2. The quantitative estimate of drug-likeness (QED) is 0.794. The summed E-state index contributed by atoms with van der Waals surface area (Å²) in [4.78, 5) is 37.9. The van der Waals surface area contributed by atoms with Crippen LogP contribution in [-0.4, -0.2) is 54.2 Å². The minimum Gasteiger partial charge on any atom is -0.467 e. The third kappa shape index (κ3) is 5.41. The summed E-state index contributed by atoms with van der Waals surface area (Å²) in [5.74, 6) is -0.949. The fourth-order valence-corrected chi connectivity index (χ4v) is 2.45. The van der Waals surface area contributed by atoms with Gasteiger partial charge in [-0.25, -0.2) is 9.59 Å². The molecule has 1 aliphatic heterocycles. The minimum atomic E-state index is -0.728. The maximum Gasteiger partial charge on any atom is 0.410 e. The molecule has 2 amide bonds. The monoisotopic (exact) mass is 328 g/mol. The maximum absolute atomic E-state index is 12.5. The van der Waals surface area contributed by atoms with E-state index in [-0.39, 0.29) is 11.8 Å². The van der Waals surface area contributed by atoms with Crippen LogP contribution in [-0.2, 0) is 19.1 Å². The lowest BCUT2D eigenvalue weighted by Crippen LogP contribution is -2.53. The van der Waals surface area contributed by atoms with Crippen molar-refractivity contribution in [1.29, 1.82) is 0 Å². The van der Waals surface area contributed by atoms with E-state index in [4.69, 9.17) is 9.47 Å². The molecule has 23 heavy (non-hydrogen) atoms. The molecule has 0 bridgehead atoms. The molecule has 0 aliphatic carbocycles. The number of nitrogens with one attached hydrogen (secondary N) is 1. The van der Waals surface area contributed by atoms with Crippen molar-refractivity contribution in [2.24, 2.45) is 5.92 Å². The summed E-state index contributed by atoms with van der Waals surface area (Å²) in [6.45, 7) is 9.45. The van der Waals surface area contributed by atoms with Crippen molar-refractivity contribution in [3.8, 4) is 0 Å². The van der Waals surface area contributed by atoms with Gasteiger partial charge in [0.1, 0.15) is 17.7 Å². The first-order valence-corrected chi connectivity index (χ1v) is 7.94. The van der Waals surface area contributed by atoms with Gasteiger partial charge >= 0.3 is 12.1 Å². The van der Waals surface area contributed by atoms with Crippen LogP contribution in [0.4, 0.5) is 4.79 Å². The van der Waals surface area contributed by atoms with Crippen LogP contribution in [0.15, 0.2) is 0 Å². The average Bonchev–Trinajstić information content (AvgIpc) is 2.91. The molecule has 7 nitrogen and oxygen atoms in total. The molecule has 1 aliphatic rings. The molecule has 0 aromatic rings. The highest BCUT2D eigenvalue weighted by Crippen LogP contribution is 2.21. The molecule has 1 fully saturated rings. The Morgan fingerprint density at radius 2 is 1.83 bits per heavy atom. The lowest BCUT2D eigenvalue weighted by atomic mass is 10.0. The molecule has 1 heterocycles. The first-order valence-electron chi connectivity index (χ1n) is 7.94. The van der Waals surface area contributed by atoms with Crippen LogP contribution in [0.25, 0.3) is 0 Å². The molecule has 0 radical (unpaired) electrons. The van der Waals surface area contributed by atoms with Crippen LogP contribution in [0.3, 0.4) is 0 Å². The van der Waals surface area contributed by atoms with E-state index in [0.29, 0.717) is 13.0 Å². The number of methoxy groups -OCH3 is 1. The lowest BCUT2D eigenvalue weighted by molar-refractivity contribution is -0.146. The Bertz CT molecular complexity index is 456. The standard InChI is InChI=1S/C16H28N2O5/c1-10(2)12(14(20)22-6)17-13(19)11-8-7-9-18(11)15(21)23-16(3,4)5/h10-12H,7-9H2,1-6H3,(H,17,19)/t11-,12+/m0/s1. The number of hydrogen-bond donors (Lipinski definition) is 1. The predicted molar refractivity (Wildman–Crippen MR) is 84.7 cm³/mol. The Morgan fingerprint density at radius 1 is 1.22 bits per heavy atom. The summed E-state index contributed by atoms with van der Waals surface area (Å²) < 4.78 is 10.1. The van der Waals surface area contributed by atoms with Gasteiger partial charge < -0.3 is 14.8 Å². The van der Waals surface area contributed by atoms with Gasteiger partial charge in [-0.05, 0) is 39.5 Å². The predicted octanol–water partition coefficient (Wildman–Crippen LogP) is 1.70. The number of amides is 2.